The number of carboxylic acid groups (broad SMARTS) is 1. The van der Waals surface area contributed by atoms with Crippen molar-refractivity contribution in [3.8, 4) is 89.5 Å². The summed E-state index contributed by atoms with van der Waals surface area (Å²) >= 11 is 24.8. The SMILES string of the molecule is C=Cc1nc(-c2ccc(C)c(C)c2)c(C)c(-c2ccc(Cl)cc2)c1[C@H](OC(C)(C)C)C(=O)O.COC(=O)[C@@H](OC(C)(C)C)c1c(C=O)nc(-c2ccc(C)c(C)c2)c(C)c1-c1ccc(Cl)cc1.COC(=O)[C@@H](OC(C)(C)C)c1c(CO)nc(-c2ccc(C)c(C)c2)c(C)c1-c1ccc(Cl)cc1.COC1OC(C[Si](C)(C)C)c2nc(-c3ccc(C)c(C)c3)c(C)c(-c3ccc(Cl)cc3)c2[C@@H]1OC(C)(C)C. The number of halogens is 4. The summed E-state index contributed by atoms with van der Waals surface area (Å²) in [6.07, 6.45) is -2.32. The lowest BCUT2D eigenvalue weighted by Gasteiger charge is -2.42. The first-order valence-corrected chi connectivity index (χ1v) is 51.7. The molecule has 13 rings (SSSR count). The van der Waals surface area contributed by atoms with Crippen LogP contribution in [0.15, 0.2) is 176 Å². The molecule has 0 aliphatic carbocycles. The van der Waals surface area contributed by atoms with E-state index in [1.54, 1.807) is 49.6 Å². The molecule has 6 atom stereocenters. The largest absolute Gasteiger partial charge is 0.479 e. The minimum atomic E-state index is -1.53. The second-order valence-electron chi connectivity index (χ2n) is 40.7. The van der Waals surface area contributed by atoms with Crippen molar-refractivity contribution in [2.45, 2.75) is 258 Å². The highest BCUT2D eigenvalue weighted by Gasteiger charge is 2.45. The van der Waals surface area contributed by atoms with Crippen LogP contribution in [-0.4, -0.2) is 112 Å². The molecule has 0 fully saturated rings. The van der Waals surface area contributed by atoms with Crippen LogP contribution >= 0.6 is 46.4 Å². The first-order chi connectivity index (χ1) is 65.0. The van der Waals surface area contributed by atoms with E-state index in [0.717, 1.165) is 140 Å². The Bertz CT molecular complexity index is 6500. The van der Waals surface area contributed by atoms with E-state index in [1.807, 2.05) is 176 Å². The molecule has 8 aromatic carbocycles. The van der Waals surface area contributed by atoms with Crippen molar-refractivity contribution in [3.05, 3.63) is 308 Å². The number of rotatable bonds is 24. The third-order valence-electron chi connectivity index (χ3n) is 24.1. The molecule has 0 saturated carbocycles. The lowest BCUT2D eigenvalue weighted by Crippen LogP contribution is -2.40. The summed E-state index contributed by atoms with van der Waals surface area (Å²) in [5.41, 5.74) is 29.0. The average Bonchev–Trinajstić information content (AvgIpc) is 0.720. The van der Waals surface area contributed by atoms with Crippen LogP contribution in [0.5, 0.6) is 0 Å². The zero-order valence-electron chi connectivity index (χ0n) is 86.0. The molecule has 0 spiro atoms. The van der Waals surface area contributed by atoms with Crippen molar-refractivity contribution in [1.82, 2.24) is 19.9 Å². The summed E-state index contributed by atoms with van der Waals surface area (Å²) in [5.74, 6) is -2.24. The number of nitrogens with zero attached hydrogens (tertiary/aromatic N) is 4. The predicted octanol–water partition coefficient (Wildman–Crippen LogP) is 30.2. The van der Waals surface area contributed by atoms with Crippen LogP contribution in [0.1, 0.15) is 230 Å². The number of hydrogen-bond acceptors (Lipinski definition) is 17. The van der Waals surface area contributed by atoms with Crippen molar-refractivity contribution >= 4 is 84.7 Å². The van der Waals surface area contributed by atoms with Crippen LogP contribution < -0.4 is 0 Å². The third-order valence-corrected chi connectivity index (χ3v) is 26.7. The summed E-state index contributed by atoms with van der Waals surface area (Å²) in [6, 6.07) is 56.1. The summed E-state index contributed by atoms with van der Waals surface area (Å²) in [7, 11) is 2.79. The number of pyridine rings is 4. The number of esters is 2. The average molecular weight is 1980 g/mol. The molecular weight excluding hydrogens is 1840 g/mol. The zero-order chi connectivity index (χ0) is 103. The fourth-order valence-electron chi connectivity index (χ4n) is 17.0. The fourth-order valence-corrected chi connectivity index (χ4v) is 18.9. The van der Waals surface area contributed by atoms with E-state index < -0.39 is 79.1 Å². The van der Waals surface area contributed by atoms with Crippen LogP contribution in [0, 0.1) is 83.1 Å². The molecule has 0 bridgehead atoms. The molecule has 12 aromatic rings. The van der Waals surface area contributed by atoms with E-state index in [0.29, 0.717) is 65.7 Å². The van der Waals surface area contributed by atoms with Gasteiger partial charge in [0.2, 0.25) is 0 Å². The van der Waals surface area contributed by atoms with Gasteiger partial charge in [-0.25, -0.2) is 34.3 Å². The minimum Gasteiger partial charge on any atom is -0.479 e. The maximum Gasteiger partial charge on any atom is 0.339 e. The number of carboxylic acids is 1. The van der Waals surface area contributed by atoms with E-state index >= 15 is 0 Å². The Hall–Kier alpha value is -10.7. The Kier molecular flexibility index (Phi) is 36.4. The number of aliphatic carboxylic acids is 1. The molecule has 139 heavy (non-hydrogen) atoms. The molecule has 23 heteroatoms. The number of hydrogen-bond donors (Lipinski definition) is 2. The maximum atomic E-state index is 13.0. The zero-order valence-corrected chi connectivity index (χ0v) is 90.0. The van der Waals surface area contributed by atoms with Crippen LogP contribution in [-0.2, 0) is 58.9 Å². The third kappa shape index (κ3) is 27.3. The lowest BCUT2D eigenvalue weighted by atomic mass is 9.85. The Morgan fingerprint density at radius 1 is 0.417 bits per heavy atom. The van der Waals surface area contributed by atoms with Crippen molar-refractivity contribution in [3.63, 3.8) is 0 Å². The first-order valence-electron chi connectivity index (χ1n) is 46.5. The number of methoxy groups -OCH3 is 3. The van der Waals surface area contributed by atoms with E-state index in [2.05, 4.69) is 150 Å². The van der Waals surface area contributed by atoms with E-state index in [4.69, 9.17) is 104 Å². The number of benzene rings is 8. The number of carbonyl (C=O) groups is 4. The monoisotopic (exact) mass is 1970 g/mol. The van der Waals surface area contributed by atoms with Crippen LogP contribution in [0.3, 0.4) is 0 Å². The standard InChI is InChI=1S/C32H42ClNO3Si.C28H32ClNO4.C28H30ClNO4.C28H30ClNO3/c1-19-11-12-23(17-20(19)2)28-21(3)26(22-13-15-24(33)16-14-22)27-29(34-28)25(18-38(8,9)10)36-31(35-7)30(27)37-32(4,5)6;2*1-16-8-9-20(14-17(16)2)25-18(3)23(19-10-12-21(29)13-11-19)24(22(15-31)30-25)26(27(32)33-7)34-28(4,5)6;1-8-22-24(26(27(31)32)33-28(5,6)7)23(19-11-13-21(29)14-12-19)18(4)25(30-22)20-10-9-16(2)17(3)15-20/h11-17,25,30-31H,18H2,1-10H3;8-14,26,31H,15H2,1-7H3;8-15,26H,1-7H3;8-15,26H,1H2,2-7H3,(H,31,32)/t25?,30-,31?;3*26-/m0000/s1. The first kappa shape index (κ1) is 110. The number of aliphatic hydroxyl groups excluding tert-OH is 1. The second kappa shape index (κ2) is 45.9. The number of carbonyl (C=O) groups excluding carboxylic acids is 3. The molecule has 5 heterocycles. The number of fused-ring (bicyclic) bond motifs is 1. The highest BCUT2D eigenvalue weighted by atomic mass is 35.5. The van der Waals surface area contributed by atoms with Crippen molar-refractivity contribution in [2.24, 2.45) is 0 Å². The fraction of sp³-hybridized carbons (Fsp3) is 0.362. The highest BCUT2D eigenvalue weighted by molar-refractivity contribution is 6.76. The van der Waals surface area contributed by atoms with Crippen molar-refractivity contribution < 1.29 is 67.3 Å². The summed E-state index contributed by atoms with van der Waals surface area (Å²) in [6.45, 7) is 58.2. The Labute approximate surface area is 843 Å². The Balaban J connectivity index is 0.000000191. The van der Waals surface area contributed by atoms with Gasteiger partial charge in [-0.15, -0.1) is 0 Å². The van der Waals surface area contributed by atoms with Crippen LogP contribution in [0.25, 0.3) is 95.6 Å². The molecule has 18 nitrogen and oxygen atoms in total. The number of aryl methyl sites for hydroxylation is 8. The Morgan fingerprint density at radius 2 is 0.719 bits per heavy atom. The molecule has 1 aliphatic rings. The lowest BCUT2D eigenvalue weighted by molar-refractivity contribution is -0.248. The van der Waals surface area contributed by atoms with Crippen LogP contribution in [0.2, 0.25) is 45.8 Å². The normalized spacial score (nSPS) is 14.5. The molecule has 0 radical (unpaired) electrons. The van der Waals surface area contributed by atoms with Gasteiger partial charge in [-0.2, -0.15) is 0 Å². The van der Waals surface area contributed by atoms with Gasteiger partial charge in [-0.1, -0.05) is 170 Å². The number of aldehydes is 1. The molecule has 1 aliphatic heterocycles. The smallest absolute Gasteiger partial charge is 0.339 e. The summed E-state index contributed by atoms with van der Waals surface area (Å²) in [4.78, 5) is 70.5. The number of aromatic nitrogens is 4. The quantitative estimate of drug-likeness (QED) is 0.0325. The predicted molar refractivity (Wildman–Crippen MR) is 567 cm³/mol. The van der Waals surface area contributed by atoms with Crippen molar-refractivity contribution in [1.29, 1.82) is 0 Å². The molecule has 734 valence electrons. The molecule has 4 aromatic heterocycles. The molecular formula is C116H134Cl4N4O14Si. The Morgan fingerprint density at radius 3 is 1.02 bits per heavy atom. The van der Waals surface area contributed by atoms with Gasteiger partial charge in [0.05, 0.1) is 83.1 Å². The second-order valence-corrected chi connectivity index (χ2v) is 47.9. The summed E-state index contributed by atoms with van der Waals surface area (Å²) in [5, 5.41) is 23.1. The molecule has 2 unspecified atom stereocenters. The molecule has 2 N–H and O–H groups in total. The van der Waals surface area contributed by atoms with Gasteiger partial charge in [0.1, 0.15) is 17.9 Å². The molecule has 0 amide bonds. The van der Waals surface area contributed by atoms with E-state index in [-0.39, 0.29) is 18.4 Å². The minimum absolute atomic E-state index is 0.128. The van der Waals surface area contributed by atoms with Gasteiger partial charge in [0, 0.05) is 79.8 Å². The van der Waals surface area contributed by atoms with E-state index in [9.17, 15) is 29.4 Å². The topological polar surface area (TPSA) is 234 Å². The van der Waals surface area contributed by atoms with Gasteiger partial charge in [-0.3, -0.25) is 4.79 Å². The van der Waals surface area contributed by atoms with Gasteiger partial charge in [-0.05, 0) is 362 Å². The van der Waals surface area contributed by atoms with Gasteiger partial charge in [0.15, 0.2) is 30.9 Å². The number of aliphatic hydroxyl groups is 1. The molecule has 0 saturated heterocycles. The van der Waals surface area contributed by atoms with Gasteiger partial charge < -0.3 is 48.1 Å². The summed E-state index contributed by atoms with van der Waals surface area (Å²) < 4.78 is 47.9. The van der Waals surface area contributed by atoms with E-state index in [1.165, 1.54) is 36.5 Å². The van der Waals surface area contributed by atoms with Gasteiger partial charge >= 0.3 is 17.9 Å². The van der Waals surface area contributed by atoms with Gasteiger partial charge in [0.25, 0.3) is 0 Å². The number of ether oxygens (including phenoxy) is 8. The van der Waals surface area contributed by atoms with Crippen LogP contribution in [0.4, 0.5) is 0 Å². The van der Waals surface area contributed by atoms with Crippen molar-refractivity contribution in [2.75, 3.05) is 21.3 Å². The maximum absolute atomic E-state index is 13.0. The highest BCUT2D eigenvalue weighted by Crippen LogP contribution is 2.52.